The molecule has 0 aromatic heterocycles. The van der Waals surface area contributed by atoms with Gasteiger partial charge in [-0.3, -0.25) is 9.59 Å². The molecule has 3 rings (SSSR count). The number of carbonyl (C=O) groups is 2. The maximum absolute atomic E-state index is 12.3. The van der Waals surface area contributed by atoms with Crippen LogP contribution in [0.5, 0.6) is 0 Å². The molecule has 1 aliphatic rings. The first-order valence-electron chi connectivity index (χ1n) is 8.30. The summed E-state index contributed by atoms with van der Waals surface area (Å²) >= 11 is 13.4. The monoisotopic (exact) mass is 408 g/mol. The number of benzene rings is 2. The van der Waals surface area contributed by atoms with Crippen molar-refractivity contribution in [3.63, 3.8) is 0 Å². The summed E-state index contributed by atoms with van der Waals surface area (Å²) in [5, 5.41) is 3.97. The first kappa shape index (κ1) is 19.1. The van der Waals surface area contributed by atoms with Crippen LogP contribution < -0.4 is 5.32 Å². The summed E-state index contributed by atoms with van der Waals surface area (Å²) in [7, 11) is 0. The van der Waals surface area contributed by atoms with Crippen LogP contribution in [0.3, 0.4) is 0 Å². The van der Waals surface area contributed by atoms with Crippen molar-refractivity contribution in [3.8, 4) is 0 Å². The summed E-state index contributed by atoms with van der Waals surface area (Å²) in [6.45, 7) is 1.64. The van der Waals surface area contributed by atoms with E-state index in [9.17, 15) is 9.59 Å². The molecule has 1 saturated heterocycles. The number of nitrogens with zero attached hydrogens (tertiary/aromatic N) is 1. The van der Waals surface area contributed by atoms with E-state index in [1.54, 1.807) is 42.5 Å². The summed E-state index contributed by atoms with van der Waals surface area (Å²) in [5.74, 6) is 0.116. The number of thioether (sulfide) groups is 1. The van der Waals surface area contributed by atoms with E-state index < -0.39 is 0 Å². The van der Waals surface area contributed by atoms with Crippen molar-refractivity contribution in [2.24, 2.45) is 0 Å². The highest BCUT2D eigenvalue weighted by Crippen LogP contribution is 2.29. The Labute approximate surface area is 166 Å². The van der Waals surface area contributed by atoms with Gasteiger partial charge in [0, 0.05) is 34.3 Å². The van der Waals surface area contributed by atoms with Crippen LogP contribution in [0.25, 0.3) is 0 Å². The van der Waals surface area contributed by atoms with Gasteiger partial charge in [-0.2, -0.15) is 0 Å². The molecule has 0 atom stereocenters. The zero-order chi connectivity index (χ0) is 18.5. The van der Waals surface area contributed by atoms with Gasteiger partial charge >= 0.3 is 0 Å². The molecule has 0 bridgehead atoms. The predicted molar refractivity (Wildman–Crippen MR) is 107 cm³/mol. The molecule has 0 spiro atoms. The van der Waals surface area contributed by atoms with Gasteiger partial charge in [-0.1, -0.05) is 23.2 Å². The van der Waals surface area contributed by atoms with E-state index in [1.807, 2.05) is 4.90 Å². The molecule has 0 saturated carbocycles. The van der Waals surface area contributed by atoms with Gasteiger partial charge in [-0.15, -0.1) is 11.8 Å². The van der Waals surface area contributed by atoms with E-state index >= 15 is 0 Å². The summed E-state index contributed by atoms with van der Waals surface area (Å²) in [5.41, 5.74) is 1.30. The molecule has 2 aromatic rings. The van der Waals surface area contributed by atoms with E-state index in [2.05, 4.69) is 5.32 Å². The zero-order valence-corrected chi connectivity index (χ0v) is 16.3. The lowest BCUT2D eigenvalue weighted by molar-refractivity contribution is -0.113. The van der Waals surface area contributed by atoms with E-state index in [4.69, 9.17) is 23.2 Å². The number of likely N-dealkylation sites (tertiary alicyclic amines) is 1. The quantitative estimate of drug-likeness (QED) is 0.711. The second kappa shape index (κ2) is 8.80. The number of hydrogen-bond donors (Lipinski definition) is 1. The van der Waals surface area contributed by atoms with Crippen LogP contribution in [0.2, 0.25) is 10.0 Å². The number of nitrogens with one attached hydrogen (secondary N) is 1. The standard InChI is InChI=1S/C19H18Cl2N2O2S/c20-14-5-8-16(21)17(11-14)26-12-18(24)22-15-6-3-13(4-7-15)19(25)23-9-1-2-10-23/h3-8,11H,1-2,9-10,12H2,(H,22,24). The van der Waals surface area contributed by atoms with Crippen molar-refractivity contribution < 1.29 is 9.59 Å². The minimum Gasteiger partial charge on any atom is -0.339 e. The molecule has 0 radical (unpaired) electrons. The molecule has 1 heterocycles. The predicted octanol–water partition coefficient (Wildman–Crippen LogP) is 4.96. The summed E-state index contributed by atoms with van der Waals surface area (Å²) < 4.78 is 0. The van der Waals surface area contributed by atoms with Crippen LogP contribution in [-0.4, -0.2) is 35.6 Å². The largest absolute Gasteiger partial charge is 0.339 e. The molecular formula is C19H18Cl2N2O2S. The Morgan fingerprint density at radius 3 is 2.42 bits per heavy atom. The molecule has 4 nitrogen and oxygen atoms in total. The Morgan fingerprint density at radius 2 is 1.73 bits per heavy atom. The first-order valence-corrected chi connectivity index (χ1v) is 10.0. The van der Waals surface area contributed by atoms with Gasteiger partial charge in [0.25, 0.3) is 5.91 Å². The Kier molecular flexibility index (Phi) is 6.46. The summed E-state index contributed by atoms with van der Waals surface area (Å²) in [6.07, 6.45) is 2.13. The fourth-order valence-electron chi connectivity index (χ4n) is 2.73. The third-order valence-electron chi connectivity index (χ3n) is 4.06. The lowest BCUT2D eigenvalue weighted by Gasteiger charge is -2.15. The van der Waals surface area contributed by atoms with Gasteiger partial charge in [0.1, 0.15) is 0 Å². The number of rotatable bonds is 5. The van der Waals surface area contributed by atoms with Gasteiger partial charge in [-0.05, 0) is 55.3 Å². The lowest BCUT2D eigenvalue weighted by atomic mass is 10.2. The van der Waals surface area contributed by atoms with Gasteiger partial charge in [0.15, 0.2) is 0 Å². The molecule has 26 heavy (non-hydrogen) atoms. The van der Waals surface area contributed by atoms with Crippen LogP contribution in [0.15, 0.2) is 47.4 Å². The first-order chi connectivity index (χ1) is 12.5. The molecule has 1 aliphatic heterocycles. The smallest absolute Gasteiger partial charge is 0.253 e. The Hall–Kier alpha value is -1.69. The highest BCUT2D eigenvalue weighted by atomic mass is 35.5. The van der Waals surface area contributed by atoms with E-state index in [-0.39, 0.29) is 17.6 Å². The highest BCUT2D eigenvalue weighted by molar-refractivity contribution is 8.00. The highest BCUT2D eigenvalue weighted by Gasteiger charge is 2.19. The maximum Gasteiger partial charge on any atom is 0.253 e. The fraction of sp³-hybridized carbons (Fsp3) is 0.263. The minimum absolute atomic E-state index is 0.0477. The lowest BCUT2D eigenvalue weighted by Crippen LogP contribution is -2.27. The van der Waals surface area contributed by atoms with Crippen LogP contribution in [-0.2, 0) is 4.79 Å². The Morgan fingerprint density at radius 1 is 1.04 bits per heavy atom. The van der Waals surface area contributed by atoms with Crippen LogP contribution in [0.4, 0.5) is 5.69 Å². The van der Waals surface area contributed by atoms with Crippen molar-refractivity contribution in [1.29, 1.82) is 0 Å². The summed E-state index contributed by atoms with van der Waals surface area (Å²) in [4.78, 5) is 27.1. The van der Waals surface area contributed by atoms with E-state index in [1.165, 1.54) is 11.8 Å². The van der Waals surface area contributed by atoms with Gasteiger partial charge in [0.05, 0.1) is 10.8 Å². The van der Waals surface area contributed by atoms with Crippen molar-refractivity contribution in [2.45, 2.75) is 17.7 Å². The minimum atomic E-state index is -0.148. The van der Waals surface area contributed by atoms with Crippen molar-refractivity contribution in [1.82, 2.24) is 4.90 Å². The average Bonchev–Trinajstić information content (AvgIpc) is 3.17. The van der Waals surface area contributed by atoms with E-state index in [0.717, 1.165) is 30.8 Å². The third-order valence-corrected chi connectivity index (χ3v) is 5.79. The van der Waals surface area contributed by atoms with Gasteiger partial charge in [0.2, 0.25) is 5.91 Å². The third kappa shape index (κ3) is 4.93. The second-order valence-electron chi connectivity index (χ2n) is 5.99. The molecule has 1 N–H and O–H groups in total. The van der Waals surface area contributed by atoms with Crippen molar-refractivity contribution >= 4 is 52.5 Å². The van der Waals surface area contributed by atoms with Gasteiger partial charge < -0.3 is 10.2 Å². The molecule has 1 fully saturated rings. The van der Waals surface area contributed by atoms with Crippen LogP contribution in [0, 0.1) is 0 Å². The normalized spacial score (nSPS) is 13.7. The van der Waals surface area contributed by atoms with Crippen molar-refractivity contribution in [3.05, 3.63) is 58.1 Å². The summed E-state index contributed by atoms with van der Waals surface area (Å²) in [6, 6.07) is 12.1. The Bertz CT molecular complexity index is 806. The number of anilines is 1. The molecule has 0 unspecified atom stereocenters. The van der Waals surface area contributed by atoms with Crippen LogP contribution in [0.1, 0.15) is 23.2 Å². The number of carbonyl (C=O) groups excluding carboxylic acids is 2. The van der Waals surface area contributed by atoms with Gasteiger partial charge in [-0.25, -0.2) is 0 Å². The molecule has 136 valence electrons. The van der Waals surface area contributed by atoms with Crippen LogP contribution >= 0.6 is 35.0 Å². The molecular weight excluding hydrogens is 391 g/mol. The molecule has 2 aromatic carbocycles. The Balaban J connectivity index is 1.54. The fourth-order valence-corrected chi connectivity index (χ4v) is 4.02. The molecule has 0 aliphatic carbocycles. The SMILES string of the molecule is O=C(CSc1cc(Cl)ccc1Cl)Nc1ccc(C(=O)N2CCCC2)cc1. The number of halogens is 2. The average molecular weight is 409 g/mol. The number of amides is 2. The molecule has 7 heteroatoms. The second-order valence-corrected chi connectivity index (χ2v) is 7.85. The molecule has 2 amide bonds. The zero-order valence-electron chi connectivity index (χ0n) is 14.0. The van der Waals surface area contributed by atoms with Crippen molar-refractivity contribution in [2.75, 3.05) is 24.2 Å². The topological polar surface area (TPSA) is 49.4 Å². The number of hydrogen-bond acceptors (Lipinski definition) is 3. The maximum atomic E-state index is 12.3. The van der Waals surface area contributed by atoms with E-state index in [0.29, 0.717) is 21.3 Å².